The molecular formula is C9H16N2O4S. The Morgan fingerprint density at radius 3 is 2.19 bits per heavy atom. The van der Waals surface area contributed by atoms with Crippen molar-refractivity contribution in [2.45, 2.75) is 32.4 Å². The summed E-state index contributed by atoms with van der Waals surface area (Å²) in [7, 11) is -3.31. The first-order chi connectivity index (χ1) is 7.20. The minimum atomic E-state index is -3.31. The summed E-state index contributed by atoms with van der Waals surface area (Å²) in [6, 6.07) is -0.871. The lowest BCUT2D eigenvalue weighted by Gasteiger charge is -2.20. The van der Waals surface area contributed by atoms with E-state index in [1.54, 1.807) is 0 Å². The van der Waals surface area contributed by atoms with E-state index in [1.807, 2.05) is 0 Å². The van der Waals surface area contributed by atoms with Crippen LogP contribution in [-0.4, -0.2) is 49.9 Å². The summed E-state index contributed by atoms with van der Waals surface area (Å²) < 4.78 is 24.5. The van der Waals surface area contributed by atoms with Crippen LogP contribution in [0.5, 0.6) is 0 Å². The van der Waals surface area contributed by atoms with Crippen LogP contribution in [-0.2, 0) is 19.6 Å². The summed E-state index contributed by atoms with van der Waals surface area (Å²) in [6.07, 6.45) is 1.41. The summed E-state index contributed by atoms with van der Waals surface area (Å²) in [5.74, 6) is -0.328. The highest BCUT2D eigenvalue weighted by molar-refractivity contribution is 7.88. The molecule has 0 radical (unpaired) electrons. The molecule has 1 aliphatic heterocycles. The van der Waals surface area contributed by atoms with E-state index in [0.29, 0.717) is 6.42 Å². The molecular weight excluding hydrogens is 232 g/mol. The fourth-order valence-corrected chi connectivity index (χ4v) is 2.73. The first kappa shape index (κ1) is 13.1. The summed E-state index contributed by atoms with van der Waals surface area (Å²) in [5, 5.41) is 0. The molecule has 0 spiro atoms. The molecule has 0 aliphatic carbocycles. The zero-order valence-corrected chi connectivity index (χ0v) is 10.4. The van der Waals surface area contributed by atoms with Gasteiger partial charge in [-0.05, 0) is 13.3 Å². The van der Waals surface area contributed by atoms with E-state index >= 15 is 0 Å². The average molecular weight is 248 g/mol. The molecule has 0 aromatic rings. The Balaban J connectivity index is 2.77. The molecule has 1 aliphatic rings. The standard InChI is InChI=1S/C9H16N2O4S/c1-6(12)9-4-8(10-16(3,14)15)5-11(9)7(2)13/h8-10H,4-5H2,1-3H3/t8-,9+/m1/s1. The van der Waals surface area contributed by atoms with E-state index in [2.05, 4.69) is 4.72 Å². The van der Waals surface area contributed by atoms with Crippen molar-refractivity contribution in [1.29, 1.82) is 0 Å². The topological polar surface area (TPSA) is 83.6 Å². The van der Waals surface area contributed by atoms with Gasteiger partial charge >= 0.3 is 0 Å². The number of hydrogen-bond acceptors (Lipinski definition) is 4. The van der Waals surface area contributed by atoms with Crippen LogP contribution in [0, 0.1) is 0 Å². The van der Waals surface area contributed by atoms with Crippen LogP contribution in [0.1, 0.15) is 20.3 Å². The van der Waals surface area contributed by atoms with E-state index in [9.17, 15) is 18.0 Å². The number of carbonyl (C=O) groups is 2. The van der Waals surface area contributed by atoms with Crippen molar-refractivity contribution < 1.29 is 18.0 Å². The molecule has 2 atom stereocenters. The molecule has 0 bridgehead atoms. The number of nitrogens with zero attached hydrogens (tertiary/aromatic N) is 1. The zero-order chi connectivity index (χ0) is 12.5. The van der Waals surface area contributed by atoms with Gasteiger partial charge in [0.1, 0.15) is 0 Å². The van der Waals surface area contributed by atoms with E-state index in [4.69, 9.17) is 0 Å². The maximum atomic E-state index is 11.3. The summed E-state index contributed by atoms with van der Waals surface area (Å²) >= 11 is 0. The number of sulfonamides is 1. The molecule has 0 saturated carbocycles. The van der Waals surface area contributed by atoms with Gasteiger partial charge in [-0.2, -0.15) is 0 Å². The monoisotopic (exact) mass is 248 g/mol. The number of carbonyl (C=O) groups excluding carboxylic acids is 2. The minimum absolute atomic E-state index is 0.118. The number of rotatable bonds is 3. The van der Waals surface area contributed by atoms with Gasteiger partial charge in [-0.15, -0.1) is 0 Å². The fourth-order valence-electron chi connectivity index (χ4n) is 1.96. The van der Waals surface area contributed by atoms with Gasteiger partial charge in [0.25, 0.3) is 0 Å². The molecule has 1 N–H and O–H groups in total. The predicted octanol–water partition coefficient (Wildman–Crippen LogP) is -0.886. The van der Waals surface area contributed by atoms with Gasteiger partial charge in [-0.3, -0.25) is 9.59 Å². The quantitative estimate of drug-likeness (QED) is 0.702. The second-order valence-corrected chi connectivity index (χ2v) is 5.90. The van der Waals surface area contributed by atoms with E-state index in [1.165, 1.54) is 18.7 Å². The number of amides is 1. The number of hydrogen-bond donors (Lipinski definition) is 1. The van der Waals surface area contributed by atoms with E-state index < -0.39 is 16.1 Å². The van der Waals surface area contributed by atoms with Crippen LogP contribution in [0.15, 0.2) is 0 Å². The van der Waals surface area contributed by atoms with Gasteiger partial charge in [-0.1, -0.05) is 0 Å². The van der Waals surface area contributed by atoms with Gasteiger partial charge in [0, 0.05) is 19.5 Å². The minimum Gasteiger partial charge on any atom is -0.331 e. The van der Waals surface area contributed by atoms with Crippen LogP contribution in [0.3, 0.4) is 0 Å². The summed E-state index contributed by atoms with van der Waals surface area (Å²) in [6.45, 7) is 3.04. The largest absolute Gasteiger partial charge is 0.331 e. The van der Waals surface area contributed by atoms with Crippen LogP contribution in [0.25, 0.3) is 0 Å². The maximum absolute atomic E-state index is 11.3. The number of likely N-dealkylation sites (tertiary alicyclic amines) is 1. The zero-order valence-electron chi connectivity index (χ0n) is 9.56. The molecule has 16 heavy (non-hydrogen) atoms. The third kappa shape index (κ3) is 3.28. The van der Waals surface area contributed by atoms with Gasteiger partial charge in [0.15, 0.2) is 5.78 Å². The van der Waals surface area contributed by atoms with Gasteiger partial charge in [0.2, 0.25) is 15.9 Å². The highest BCUT2D eigenvalue weighted by Gasteiger charge is 2.37. The van der Waals surface area contributed by atoms with Crippen molar-refractivity contribution >= 4 is 21.7 Å². The Labute approximate surface area is 95.0 Å². The lowest BCUT2D eigenvalue weighted by Crippen LogP contribution is -2.39. The van der Waals surface area contributed by atoms with Gasteiger partial charge in [-0.25, -0.2) is 13.1 Å². The van der Waals surface area contributed by atoms with Crippen molar-refractivity contribution in [3.8, 4) is 0 Å². The lowest BCUT2D eigenvalue weighted by atomic mass is 10.1. The average Bonchev–Trinajstić information content (AvgIpc) is 2.44. The molecule has 0 aromatic carbocycles. The van der Waals surface area contributed by atoms with Crippen molar-refractivity contribution in [3.05, 3.63) is 0 Å². The Morgan fingerprint density at radius 1 is 1.31 bits per heavy atom. The predicted molar refractivity (Wildman–Crippen MR) is 58.2 cm³/mol. The number of nitrogens with one attached hydrogen (secondary N) is 1. The SMILES string of the molecule is CC(=O)[C@@H]1C[C@@H](NS(C)(=O)=O)CN1C(C)=O. The van der Waals surface area contributed by atoms with Crippen molar-refractivity contribution in [3.63, 3.8) is 0 Å². The van der Waals surface area contributed by atoms with Crippen LogP contribution < -0.4 is 4.72 Å². The smallest absolute Gasteiger partial charge is 0.220 e. The second-order valence-electron chi connectivity index (χ2n) is 4.12. The number of Topliss-reactive ketones (excluding diaryl/α,β-unsaturated/α-hetero) is 1. The molecule has 7 heteroatoms. The molecule has 6 nitrogen and oxygen atoms in total. The Hall–Kier alpha value is -0.950. The Morgan fingerprint density at radius 2 is 1.88 bits per heavy atom. The van der Waals surface area contributed by atoms with Crippen molar-refractivity contribution in [2.75, 3.05) is 12.8 Å². The molecule has 1 rings (SSSR count). The van der Waals surface area contributed by atoms with Crippen molar-refractivity contribution in [2.24, 2.45) is 0 Å². The van der Waals surface area contributed by atoms with Gasteiger partial charge < -0.3 is 4.90 Å². The van der Waals surface area contributed by atoms with Crippen LogP contribution in [0.2, 0.25) is 0 Å². The lowest BCUT2D eigenvalue weighted by molar-refractivity contribution is -0.135. The molecule has 1 amide bonds. The maximum Gasteiger partial charge on any atom is 0.220 e. The first-order valence-electron chi connectivity index (χ1n) is 4.95. The summed E-state index contributed by atoms with van der Waals surface area (Å²) in [4.78, 5) is 24.0. The molecule has 0 unspecified atom stereocenters. The van der Waals surface area contributed by atoms with E-state index in [0.717, 1.165) is 6.26 Å². The first-order valence-corrected chi connectivity index (χ1v) is 6.85. The molecule has 1 fully saturated rings. The number of ketones is 1. The molecule has 0 aromatic heterocycles. The third-order valence-electron chi connectivity index (χ3n) is 2.56. The Kier molecular flexibility index (Phi) is 3.69. The van der Waals surface area contributed by atoms with E-state index in [-0.39, 0.29) is 24.3 Å². The molecule has 1 heterocycles. The van der Waals surface area contributed by atoms with Crippen molar-refractivity contribution in [1.82, 2.24) is 9.62 Å². The molecule has 1 saturated heterocycles. The van der Waals surface area contributed by atoms with Gasteiger partial charge in [0.05, 0.1) is 12.3 Å². The Bertz CT molecular complexity index is 382. The van der Waals surface area contributed by atoms with Crippen LogP contribution in [0.4, 0.5) is 0 Å². The third-order valence-corrected chi connectivity index (χ3v) is 3.32. The van der Waals surface area contributed by atoms with Crippen LogP contribution >= 0.6 is 0 Å². The fraction of sp³-hybridized carbons (Fsp3) is 0.778. The highest BCUT2D eigenvalue weighted by Crippen LogP contribution is 2.19. The highest BCUT2D eigenvalue weighted by atomic mass is 32.2. The molecule has 92 valence electrons. The normalized spacial score (nSPS) is 25.8. The second kappa shape index (κ2) is 4.50. The summed E-state index contributed by atoms with van der Waals surface area (Å²) in [5.41, 5.74) is 0.